The first-order valence-corrected chi connectivity index (χ1v) is 9.54. The maximum atomic E-state index is 9.34. The van der Waals surface area contributed by atoms with Crippen LogP contribution in [0.1, 0.15) is 33.3 Å². The average Bonchev–Trinajstić information content (AvgIpc) is 2.68. The number of nitrogens with zero attached hydrogens (tertiary/aromatic N) is 2. The van der Waals surface area contributed by atoms with E-state index in [1.54, 1.807) is 0 Å². The van der Waals surface area contributed by atoms with Gasteiger partial charge in [-0.25, -0.2) is 4.98 Å². The summed E-state index contributed by atoms with van der Waals surface area (Å²) in [5.41, 5.74) is 4.19. The number of hydrogen-bond acceptors (Lipinski definition) is 5. The molecule has 0 aliphatic carbocycles. The van der Waals surface area contributed by atoms with Crippen molar-refractivity contribution in [2.45, 2.75) is 39.2 Å². The number of benzene rings is 2. The van der Waals surface area contributed by atoms with Gasteiger partial charge >= 0.3 is 0 Å². The zero-order chi connectivity index (χ0) is 20.1. The molecule has 146 valence electrons. The van der Waals surface area contributed by atoms with Crippen LogP contribution in [0.25, 0.3) is 11.3 Å². The van der Waals surface area contributed by atoms with Crippen LogP contribution in [0.15, 0.2) is 60.7 Å². The van der Waals surface area contributed by atoms with Gasteiger partial charge in [0.1, 0.15) is 5.82 Å². The van der Waals surface area contributed by atoms with Gasteiger partial charge in [-0.2, -0.15) is 4.98 Å². The summed E-state index contributed by atoms with van der Waals surface area (Å²) in [5, 5.41) is 15.9. The quantitative estimate of drug-likeness (QED) is 0.566. The Hall–Kier alpha value is -2.92. The van der Waals surface area contributed by atoms with E-state index in [0.717, 1.165) is 16.9 Å². The first kappa shape index (κ1) is 19.8. The number of nitrogens with one attached hydrogen (secondary N) is 2. The Balaban J connectivity index is 1.91. The molecule has 0 aliphatic rings. The Labute approximate surface area is 166 Å². The predicted octanol–water partition coefficient (Wildman–Crippen LogP) is 4.98. The third kappa shape index (κ3) is 5.08. The minimum atomic E-state index is -0.134. The minimum Gasteiger partial charge on any atom is -0.394 e. The lowest BCUT2D eigenvalue weighted by Gasteiger charge is -2.19. The fourth-order valence-electron chi connectivity index (χ4n) is 2.80. The van der Waals surface area contributed by atoms with Gasteiger partial charge in [0, 0.05) is 23.4 Å². The predicted molar refractivity (Wildman–Crippen MR) is 116 cm³/mol. The van der Waals surface area contributed by atoms with Crippen LogP contribution in [0.3, 0.4) is 0 Å². The highest BCUT2D eigenvalue weighted by Crippen LogP contribution is 2.26. The molecule has 0 unspecified atom stereocenters. The lowest BCUT2D eigenvalue weighted by atomic mass is 9.87. The van der Waals surface area contributed by atoms with E-state index < -0.39 is 0 Å². The second-order valence-corrected chi connectivity index (χ2v) is 8.01. The Morgan fingerprint density at radius 2 is 1.64 bits per heavy atom. The minimum absolute atomic E-state index is 0.00987. The fraction of sp³-hybridized carbons (Fsp3) is 0.304. The van der Waals surface area contributed by atoms with E-state index in [1.165, 1.54) is 5.56 Å². The Bertz CT molecular complexity index is 902. The van der Waals surface area contributed by atoms with Gasteiger partial charge in [-0.05, 0) is 30.0 Å². The van der Waals surface area contributed by atoms with E-state index in [0.29, 0.717) is 11.8 Å². The van der Waals surface area contributed by atoms with Crippen molar-refractivity contribution in [1.29, 1.82) is 0 Å². The molecule has 0 spiro atoms. The number of aromatic nitrogens is 2. The zero-order valence-electron chi connectivity index (χ0n) is 16.9. The van der Waals surface area contributed by atoms with Crippen molar-refractivity contribution in [1.82, 2.24) is 9.97 Å². The van der Waals surface area contributed by atoms with E-state index >= 15 is 0 Å². The summed E-state index contributed by atoms with van der Waals surface area (Å²) in [6.45, 7) is 8.50. The van der Waals surface area contributed by atoms with Crippen molar-refractivity contribution in [3.8, 4) is 11.3 Å². The summed E-state index contributed by atoms with van der Waals surface area (Å²) >= 11 is 0. The molecule has 0 fully saturated rings. The lowest BCUT2D eigenvalue weighted by molar-refractivity contribution is 0.281. The summed E-state index contributed by atoms with van der Waals surface area (Å²) < 4.78 is 0. The van der Waals surface area contributed by atoms with Crippen molar-refractivity contribution in [3.63, 3.8) is 0 Å². The summed E-state index contributed by atoms with van der Waals surface area (Å²) in [5.74, 6) is 1.18. The van der Waals surface area contributed by atoms with Crippen LogP contribution in [0.5, 0.6) is 0 Å². The number of hydrogen-bond donors (Lipinski definition) is 3. The van der Waals surface area contributed by atoms with Gasteiger partial charge in [0.15, 0.2) is 0 Å². The fourth-order valence-corrected chi connectivity index (χ4v) is 2.80. The van der Waals surface area contributed by atoms with Crippen LogP contribution >= 0.6 is 0 Å². The van der Waals surface area contributed by atoms with Gasteiger partial charge in [0.2, 0.25) is 5.95 Å². The monoisotopic (exact) mass is 376 g/mol. The molecule has 0 radical (unpaired) electrons. The van der Waals surface area contributed by atoms with E-state index in [2.05, 4.69) is 65.6 Å². The Morgan fingerprint density at radius 3 is 2.25 bits per heavy atom. The molecule has 3 rings (SSSR count). The van der Waals surface area contributed by atoms with Crippen molar-refractivity contribution in [3.05, 3.63) is 66.2 Å². The SMILES string of the molecule is C[C@@H](CO)Nc1nc(Nc2ccc(C(C)(C)C)cc2)cc(-c2ccccc2)n1. The number of aliphatic hydroxyl groups is 1. The molecule has 0 amide bonds. The highest BCUT2D eigenvalue weighted by molar-refractivity contribution is 5.67. The zero-order valence-corrected chi connectivity index (χ0v) is 16.9. The molecule has 1 atom stereocenters. The molecular formula is C23H28N4O. The van der Waals surface area contributed by atoms with E-state index in [-0.39, 0.29) is 18.1 Å². The van der Waals surface area contributed by atoms with Gasteiger partial charge in [-0.15, -0.1) is 0 Å². The highest BCUT2D eigenvalue weighted by atomic mass is 16.3. The van der Waals surface area contributed by atoms with Crippen LogP contribution in [-0.4, -0.2) is 27.7 Å². The van der Waals surface area contributed by atoms with Crippen molar-refractivity contribution in [2.24, 2.45) is 0 Å². The first-order valence-electron chi connectivity index (χ1n) is 9.54. The second-order valence-electron chi connectivity index (χ2n) is 8.01. The van der Waals surface area contributed by atoms with Gasteiger partial charge in [-0.3, -0.25) is 0 Å². The summed E-state index contributed by atoms with van der Waals surface area (Å²) in [7, 11) is 0. The van der Waals surface area contributed by atoms with Crippen LogP contribution in [0.4, 0.5) is 17.5 Å². The molecule has 0 saturated heterocycles. The molecule has 0 aliphatic heterocycles. The highest BCUT2D eigenvalue weighted by Gasteiger charge is 2.13. The maximum absolute atomic E-state index is 9.34. The molecular weight excluding hydrogens is 348 g/mol. The largest absolute Gasteiger partial charge is 0.394 e. The van der Waals surface area contributed by atoms with Crippen LogP contribution in [0.2, 0.25) is 0 Å². The maximum Gasteiger partial charge on any atom is 0.225 e. The molecule has 1 heterocycles. The van der Waals surface area contributed by atoms with Crippen molar-refractivity contribution < 1.29 is 5.11 Å². The topological polar surface area (TPSA) is 70.1 Å². The standard InChI is InChI=1S/C23H28N4O/c1-16(15-28)24-22-26-20(17-8-6-5-7-9-17)14-21(27-22)25-19-12-10-18(11-13-19)23(2,3)4/h5-14,16,28H,15H2,1-4H3,(H2,24,25,26,27)/t16-/m0/s1. The first-order chi connectivity index (χ1) is 13.3. The molecule has 3 aromatic rings. The average molecular weight is 377 g/mol. The lowest BCUT2D eigenvalue weighted by Crippen LogP contribution is -2.21. The van der Waals surface area contributed by atoms with Crippen LogP contribution < -0.4 is 10.6 Å². The third-order valence-electron chi connectivity index (χ3n) is 4.47. The van der Waals surface area contributed by atoms with Crippen LogP contribution in [0, 0.1) is 0 Å². The molecule has 5 nitrogen and oxygen atoms in total. The molecule has 3 N–H and O–H groups in total. The van der Waals surface area contributed by atoms with Gasteiger partial charge in [-0.1, -0.05) is 63.2 Å². The molecule has 5 heteroatoms. The number of rotatable bonds is 6. The Morgan fingerprint density at radius 1 is 0.964 bits per heavy atom. The second kappa shape index (κ2) is 8.40. The number of anilines is 3. The molecule has 2 aromatic carbocycles. The Kier molecular flexibility index (Phi) is 5.95. The summed E-state index contributed by atoms with van der Waals surface area (Å²) in [4.78, 5) is 9.18. The third-order valence-corrected chi connectivity index (χ3v) is 4.47. The van der Waals surface area contributed by atoms with Gasteiger partial charge in [0.05, 0.1) is 12.3 Å². The number of aliphatic hydroxyl groups excluding tert-OH is 1. The van der Waals surface area contributed by atoms with Gasteiger partial charge < -0.3 is 15.7 Å². The molecule has 28 heavy (non-hydrogen) atoms. The van der Waals surface area contributed by atoms with Gasteiger partial charge in [0.25, 0.3) is 0 Å². The molecule has 1 aromatic heterocycles. The summed E-state index contributed by atoms with van der Waals surface area (Å²) in [6.07, 6.45) is 0. The van der Waals surface area contributed by atoms with Crippen molar-refractivity contribution >= 4 is 17.5 Å². The molecule has 0 bridgehead atoms. The van der Waals surface area contributed by atoms with Crippen molar-refractivity contribution in [2.75, 3.05) is 17.2 Å². The van der Waals surface area contributed by atoms with E-state index in [9.17, 15) is 5.11 Å². The van der Waals surface area contributed by atoms with E-state index in [1.807, 2.05) is 43.3 Å². The normalized spacial score (nSPS) is 12.5. The molecule has 0 saturated carbocycles. The summed E-state index contributed by atoms with van der Waals surface area (Å²) in [6, 6.07) is 20.2. The van der Waals surface area contributed by atoms with E-state index in [4.69, 9.17) is 0 Å². The van der Waals surface area contributed by atoms with Crippen LogP contribution in [-0.2, 0) is 5.41 Å². The smallest absolute Gasteiger partial charge is 0.225 e.